The van der Waals surface area contributed by atoms with Crippen molar-refractivity contribution in [2.75, 3.05) is 12.5 Å². The number of halogens is 1. The summed E-state index contributed by atoms with van der Waals surface area (Å²) in [5.74, 6) is 2.92. The first-order valence-electron chi connectivity index (χ1n) is 7.60. The molecule has 0 fully saturated rings. The first-order chi connectivity index (χ1) is 12.3. The van der Waals surface area contributed by atoms with E-state index in [0.717, 1.165) is 43.7 Å². The molecule has 0 bridgehead atoms. The van der Waals surface area contributed by atoms with Gasteiger partial charge in [0.25, 0.3) is 0 Å². The van der Waals surface area contributed by atoms with Crippen LogP contribution in [0.3, 0.4) is 0 Å². The fourth-order valence-corrected chi connectivity index (χ4v) is 3.83. The summed E-state index contributed by atoms with van der Waals surface area (Å²) in [4.78, 5) is 0. The summed E-state index contributed by atoms with van der Waals surface area (Å²) in [5.41, 5.74) is 2.97. The van der Waals surface area contributed by atoms with Crippen LogP contribution in [0.1, 0.15) is 5.56 Å². The minimum Gasteiger partial charge on any atom is -0.454 e. The van der Waals surface area contributed by atoms with Crippen molar-refractivity contribution >= 4 is 33.4 Å². The van der Waals surface area contributed by atoms with Crippen LogP contribution in [0.4, 0.5) is 0 Å². The summed E-state index contributed by atoms with van der Waals surface area (Å²) >= 11 is 5.09. The molecule has 0 radical (unpaired) electrons. The van der Waals surface area contributed by atoms with Crippen LogP contribution in [0.2, 0.25) is 0 Å². The first kappa shape index (κ1) is 15.0. The van der Waals surface area contributed by atoms with E-state index < -0.39 is 0 Å². The van der Waals surface area contributed by atoms with Gasteiger partial charge in [0, 0.05) is 15.8 Å². The molecule has 6 nitrogen and oxygen atoms in total. The van der Waals surface area contributed by atoms with Crippen LogP contribution in [0.15, 0.2) is 57.2 Å². The molecule has 3 aromatic rings. The van der Waals surface area contributed by atoms with Gasteiger partial charge in [-0.3, -0.25) is 0 Å². The molecule has 2 aliphatic rings. The van der Waals surface area contributed by atoms with E-state index in [1.165, 1.54) is 0 Å². The van der Waals surface area contributed by atoms with Gasteiger partial charge in [-0.05, 0) is 35.9 Å². The van der Waals surface area contributed by atoms with E-state index in [0.29, 0.717) is 5.82 Å². The zero-order chi connectivity index (χ0) is 16.8. The molecule has 25 heavy (non-hydrogen) atoms. The van der Waals surface area contributed by atoms with Crippen molar-refractivity contribution in [3.05, 3.63) is 52.5 Å². The molecule has 1 aromatic heterocycles. The number of hydrogen-bond acceptors (Lipinski definition) is 6. The Kier molecular flexibility index (Phi) is 3.53. The summed E-state index contributed by atoms with van der Waals surface area (Å²) in [6.45, 7) is 0.248. The molecular formula is C17H11BrN4O2S. The second-order valence-corrected chi connectivity index (χ2v) is 7.39. The zero-order valence-corrected chi connectivity index (χ0v) is 15.2. The summed E-state index contributed by atoms with van der Waals surface area (Å²) in [6, 6.07) is 13.9. The van der Waals surface area contributed by atoms with E-state index in [1.807, 2.05) is 30.3 Å². The number of hydrogen-bond donors (Lipinski definition) is 0. The topological polar surface area (TPSA) is 61.5 Å². The fraction of sp³-hybridized carbons (Fsp3) is 0.118. The third-order valence-corrected chi connectivity index (χ3v) is 5.44. The SMILES string of the molecule is Brc1ccc(C2=Nn3c(nnc3-c3ccc4c(c3)OCO4)SC2)cc1. The Morgan fingerprint density at radius 1 is 0.960 bits per heavy atom. The van der Waals surface area contributed by atoms with Gasteiger partial charge in [0.05, 0.1) is 5.71 Å². The maximum absolute atomic E-state index is 5.46. The van der Waals surface area contributed by atoms with Crippen LogP contribution in [0, 0.1) is 0 Å². The number of rotatable bonds is 2. The Morgan fingerprint density at radius 3 is 2.64 bits per heavy atom. The summed E-state index contributed by atoms with van der Waals surface area (Å²) in [5, 5.41) is 14.1. The van der Waals surface area contributed by atoms with Gasteiger partial charge >= 0.3 is 0 Å². The number of ether oxygens (including phenoxy) is 2. The molecular weight excluding hydrogens is 404 g/mol. The largest absolute Gasteiger partial charge is 0.454 e. The standard InChI is InChI=1S/C17H11BrN4O2S/c18-12-4-1-10(2-5-12)13-8-25-17-20-19-16(22(17)21-13)11-3-6-14-15(7-11)24-9-23-14/h1-7H,8-9H2. The predicted molar refractivity (Wildman–Crippen MR) is 98.4 cm³/mol. The van der Waals surface area contributed by atoms with Crippen molar-refractivity contribution < 1.29 is 9.47 Å². The third kappa shape index (κ3) is 2.61. The van der Waals surface area contributed by atoms with Crippen molar-refractivity contribution in [3.8, 4) is 22.9 Å². The molecule has 124 valence electrons. The number of aromatic nitrogens is 3. The maximum Gasteiger partial charge on any atom is 0.231 e. The van der Waals surface area contributed by atoms with Crippen LogP contribution < -0.4 is 9.47 Å². The van der Waals surface area contributed by atoms with Gasteiger partial charge in [0.2, 0.25) is 11.9 Å². The average molecular weight is 415 g/mol. The lowest BCUT2D eigenvalue weighted by molar-refractivity contribution is 0.174. The van der Waals surface area contributed by atoms with E-state index in [1.54, 1.807) is 16.4 Å². The van der Waals surface area contributed by atoms with E-state index in [2.05, 4.69) is 38.3 Å². The second kappa shape index (κ2) is 5.89. The first-order valence-corrected chi connectivity index (χ1v) is 9.38. The van der Waals surface area contributed by atoms with E-state index in [4.69, 9.17) is 14.6 Å². The highest BCUT2D eigenvalue weighted by atomic mass is 79.9. The van der Waals surface area contributed by atoms with E-state index in [-0.39, 0.29) is 6.79 Å². The molecule has 3 heterocycles. The second-order valence-electron chi connectivity index (χ2n) is 5.53. The minimum atomic E-state index is 0.248. The molecule has 8 heteroatoms. The lowest BCUT2D eigenvalue weighted by Crippen LogP contribution is -2.13. The molecule has 2 aliphatic heterocycles. The van der Waals surface area contributed by atoms with Gasteiger partial charge in [-0.25, -0.2) is 0 Å². The Labute approximate surface area is 156 Å². The Hall–Kier alpha value is -2.32. The van der Waals surface area contributed by atoms with Crippen molar-refractivity contribution in [3.63, 3.8) is 0 Å². The van der Waals surface area contributed by atoms with Crippen LogP contribution in [-0.2, 0) is 0 Å². The van der Waals surface area contributed by atoms with Crippen molar-refractivity contribution in [1.29, 1.82) is 0 Å². The molecule has 2 aromatic carbocycles. The molecule has 0 unspecified atom stereocenters. The van der Waals surface area contributed by atoms with Crippen molar-refractivity contribution in [2.45, 2.75) is 5.16 Å². The number of thioether (sulfide) groups is 1. The molecule has 0 N–H and O–H groups in total. The lowest BCUT2D eigenvalue weighted by Gasteiger charge is -2.14. The Bertz CT molecular complexity index is 1000. The van der Waals surface area contributed by atoms with Gasteiger partial charge < -0.3 is 9.47 Å². The minimum absolute atomic E-state index is 0.248. The van der Waals surface area contributed by atoms with Crippen LogP contribution >= 0.6 is 27.7 Å². The highest BCUT2D eigenvalue weighted by Gasteiger charge is 2.22. The fourth-order valence-electron chi connectivity index (χ4n) is 2.73. The zero-order valence-electron chi connectivity index (χ0n) is 12.8. The summed E-state index contributed by atoms with van der Waals surface area (Å²) < 4.78 is 13.7. The number of fused-ring (bicyclic) bond motifs is 2. The van der Waals surface area contributed by atoms with Crippen LogP contribution in [0.5, 0.6) is 11.5 Å². The van der Waals surface area contributed by atoms with Crippen LogP contribution in [-0.4, -0.2) is 33.1 Å². The van der Waals surface area contributed by atoms with E-state index in [9.17, 15) is 0 Å². The van der Waals surface area contributed by atoms with Gasteiger partial charge in [-0.15, -0.1) is 10.2 Å². The average Bonchev–Trinajstić information content (AvgIpc) is 3.27. The highest BCUT2D eigenvalue weighted by molar-refractivity contribution is 9.10. The molecule has 0 atom stereocenters. The molecule has 0 amide bonds. The lowest BCUT2D eigenvalue weighted by atomic mass is 10.1. The third-order valence-electron chi connectivity index (χ3n) is 3.98. The molecule has 5 rings (SSSR count). The van der Waals surface area contributed by atoms with Crippen molar-refractivity contribution in [2.24, 2.45) is 5.10 Å². The Balaban J connectivity index is 1.58. The predicted octanol–water partition coefficient (Wildman–Crippen LogP) is 3.79. The normalized spacial score (nSPS) is 15.0. The van der Waals surface area contributed by atoms with Gasteiger partial charge in [0.1, 0.15) is 0 Å². The van der Waals surface area contributed by atoms with Gasteiger partial charge in [-0.2, -0.15) is 9.78 Å². The van der Waals surface area contributed by atoms with E-state index >= 15 is 0 Å². The van der Waals surface area contributed by atoms with Gasteiger partial charge in [-0.1, -0.05) is 39.8 Å². The molecule has 0 aliphatic carbocycles. The smallest absolute Gasteiger partial charge is 0.231 e. The summed E-state index contributed by atoms with van der Waals surface area (Å²) in [6.07, 6.45) is 0. The van der Waals surface area contributed by atoms with Crippen molar-refractivity contribution in [1.82, 2.24) is 14.9 Å². The number of benzene rings is 2. The maximum atomic E-state index is 5.46. The monoisotopic (exact) mass is 414 g/mol. The van der Waals surface area contributed by atoms with Gasteiger partial charge in [0.15, 0.2) is 17.3 Å². The Morgan fingerprint density at radius 2 is 1.76 bits per heavy atom. The molecule has 0 saturated carbocycles. The highest BCUT2D eigenvalue weighted by Crippen LogP contribution is 2.36. The molecule has 0 spiro atoms. The molecule has 0 saturated heterocycles. The van der Waals surface area contributed by atoms with Crippen LogP contribution in [0.25, 0.3) is 11.4 Å². The summed E-state index contributed by atoms with van der Waals surface area (Å²) in [7, 11) is 0. The quantitative estimate of drug-likeness (QED) is 0.638. The number of nitrogens with zero attached hydrogens (tertiary/aromatic N) is 4.